The number of fused-ring (bicyclic) bond motifs is 2. The minimum atomic E-state index is -0.825. The number of ether oxygens (including phenoxy) is 2. The number of carbonyl (C=O) groups is 1. The van der Waals surface area contributed by atoms with Crippen molar-refractivity contribution < 1.29 is 23.2 Å². The van der Waals surface area contributed by atoms with Gasteiger partial charge in [-0.2, -0.15) is 0 Å². The standard InChI is InChI=1S/C29H21ClN2O6/c1-16-13-24(31-38-16)32-26(25-27(33)19-8-4-6-10-21(19)37-28(25)29(32)34)17-11-12-22(23(14-17)35-2)36-15-18-7-3-5-9-20(18)30/h3-14,26H,15H2,1-2H3/t26-/m0/s1. The molecule has 1 amide bonds. The fraction of sp³-hybridized carbons (Fsp3) is 0.138. The molecule has 0 N–H and O–H groups in total. The first kappa shape index (κ1) is 23.8. The molecule has 0 unspecified atom stereocenters. The van der Waals surface area contributed by atoms with Gasteiger partial charge in [-0.25, -0.2) is 0 Å². The molecule has 190 valence electrons. The summed E-state index contributed by atoms with van der Waals surface area (Å²) in [4.78, 5) is 28.7. The first-order valence-corrected chi connectivity index (χ1v) is 12.2. The monoisotopic (exact) mass is 528 g/mol. The van der Waals surface area contributed by atoms with E-state index in [-0.39, 0.29) is 29.2 Å². The van der Waals surface area contributed by atoms with Crippen LogP contribution >= 0.6 is 11.6 Å². The van der Waals surface area contributed by atoms with Gasteiger partial charge in [0.15, 0.2) is 22.7 Å². The van der Waals surface area contributed by atoms with E-state index in [1.165, 1.54) is 12.0 Å². The smallest absolute Gasteiger partial charge is 0.296 e. The average molecular weight is 529 g/mol. The van der Waals surface area contributed by atoms with Crippen LogP contribution in [0.2, 0.25) is 5.02 Å². The van der Waals surface area contributed by atoms with E-state index in [0.717, 1.165) is 5.56 Å². The Hall–Kier alpha value is -4.56. The van der Waals surface area contributed by atoms with Crippen LogP contribution in [-0.4, -0.2) is 18.2 Å². The maximum Gasteiger partial charge on any atom is 0.296 e. The Morgan fingerprint density at radius 1 is 1.00 bits per heavy atom. The zero-order valence-electron chi connectivity index (χ0n) is 20.4. The van der Waals surface area contributed by atoms with Gasteiger partial charge in [0.25, 0.3) is 5.91 Å². The van der Waals surface area contributed by atoms with Crippen molar-refractivity contribution in [2.75, 3.05) is 12.0 Å². The Kier molecular flexibility index (Phi) is 5.88. The quantitative estimate of drug-likeness (QED) is 0.263. The van der Waals surface area contributed by atoms with Gasteiger partial charge in [0.1, 0.15) is 18.0 Å². The SMILES string of the molecule is COc1cc([C@H]2c3c(oc4ccccc4c3=O)C(=O)N2c2cc(C)on2)ccc1OCc1ccccc1Cl. The lowest BCUT2D eigenvalue weighted by Gasteiger charge is -2.23. The summed E-state index contributed by atoms with van der Waals surface area (Å²) in [6.07, 6.45) is 0. The van der Waals surface area contributed by atoms with Gasteiger partial charge in [0.2, 0.25) is 5.76 Å². The number of rotatable bonds is 6. The number of hydrogen-bond acceptors (Lipinski definition) is 7. The Morgan fingerprint density at radius 3 is 2.55 bits per heavy atom. The highest BCUT2D eigenvalue weighted by Gasteiger charge is 2.45. The van der Waals surface area contributed by atoms with Crippen molar-refractivity contribution in [2.24, 2.45) is 0 Å². The van der Waals surface area contributed by atoms with Crippen LogP contribution in [-0.2, 0) is 6.61 Å². The molecule has 0 aliphatic carbocycles. The number of para-hydroxylation sites is 1. The normalized spacial score (nSPS) is 14.7. The molecule has 0 radical (unpaired) electrons. The number of aromatic nitrogens is 1. The van der Waals surface area contributed by atoms with Crippen molar-refractivity contribution in [3.63, 3.8) is 0 Å². The van der Waals surface area contributed by atoms with Crippen molar-refractivity contribution in [2.45, 2.75) is 19.6 Å². The molecule has 5 aromatic rings. The topological polar surface area (TPSA) is 95.0 Å². The summed E-state index contributed by atoms with van der Waals surface area (Å²) in [6.45, 7) is 1.96. The summed E-state index contributed by atoms with van der Waals surface area (Å²) >= 11 is 6.27. The van der Waals surface area contributed by atoms with Gasteiger partial charge in [-0.3, -0.25) is 14.5 Å². The van der Waals surface area contributed by atoms with E-state index in [1.54, 1.807) is 61.5 Å². The zero-order chi connectivity index (χ0) is 26.4. The maximum atomic E-state index is 13.7. The second-order valence-corrected chi connectivity index (χ2v) is 9.24. The van der Waals surface area contributed by atoms with Gasteiger partial charge in [-0.05, 0) is 42.8 Å². The molecule has 0 saturated heterocycles. The van der Waals surface area contributed by atoms with Crippen molar-refractivity contribution in [1.82, 2.24) is 5.16 Å². The first-order valence-electron chi connectivity index (χ1n) is 11.8. The van der Waals surface area contributed by atoms with Gasteiger partial charge in [0, 0.05) is 16.7 Å². The molecule has 3 heterocycles. The number of carbonyl (C=O) groups excluding carboxylic acids is 1. The molecule has 6 rings (SSSR count). The summed E-state index contributed by atoms with van der Waals surface area (Å²) in [5, 5.41) is 5.04. The van der Waals surface area contributed by atoms with Crippen LogP contribution in [0.3, 0.4) is 0 Å². The molecule has 0 spiro atoms. The van der Waals surface area contributed by atoms with Crippen molar-refractivity contribution in [3.8, 4) is 11.5 Å². The predicted octanol–water partition coefficient (Wildman–Crippen LogP) is 6.08. The van der Waals surface area contributed by atoms with Gasteiger partial charge < -0.3 is 18.4 Å². The molecule has 3 aromatic carbocycles. The van der Waals surface area contributed by atoms with Gasteiger partial charge in [-0.15, -0.1) is 0 Å². The van der Waals surface area contributed by atoms with Crippen LogP contribution in [0.15, 0.2) is 86.5 Å². The summed E-state index contributed by atoms with van der Waals surface area (Å²) in [5.41, 5.74) is 1.71. The molecule has 0 fully saturated rings. The number of amides is 1. The number of anilines is 1. The average Bonchev–Trinajstić information content (AvgIpc) is 3.49. The minimum Gasteiger partial charge on any atom is -0.493 e. The number of aryl methyl sites for hydroxylation is 1. The molecule has 1 atom stereocenters. The van der Waals surface area contributed by atoms with E-state index in [0.29, 0.717) is 38.8 Å². The molecule has 8 nitrogen and oxygen atoms in total. The Labute approximate surface area is 221 Å². The van der Waals surface area contributed by atoms with Crippen molar-refractivity contribution in [3.05, 3.63) is 116 Å². The molecule has 0 bridgehead atoms. The van der Waals surface area contributed by atoms with Crippen LogP contribution in [0.4, 0.5) is 5.82 Å². The number of benzene rings is 3. The zero-order valence-corrected chi connectivity index (χ0v) is 21.2. The van der Waals surface area contributed by atoms with Crippen LogP contribution in [0.1, 0.15) is 39.0 Å². The number of hydrogen-bond donors (Lipinski definition) is 0. The maximum absolute atomic E-state index is 13.7. The summed E-state index contributed by atoms with van der Waals surface area (Å²) in [5.74, 6) is 1.18. The fourth-order valence-electron chi connectivity index (χ4n) is 4.68. The van der Waals surface area contributed by atoms with Gasteiger partial charge in [-0.1, -0.05) is 53.2 Å². The van der Waals surface area contributed by atoms with Crippen LogP contribution in [0.5, 0.6) is 11.5 Å². The highest BCUT2D eigenvalue weighted by molar-refractivity contribution is 6.31. The fourth-order valence-corrected chi connectivity index (χ4v) is 4.87. The highest BCUT2D eigenvalue weighted by Crippen LogP contribution is 2.43. The minimum absolute atomic E-state index is 0.0302. The number of halogens is 1. The molecular formula is C29H21ClN2O6. The first-order chi connectivity index (χ1) is 18.5. The van der Waals surface area contributed by atoms with E-state index in [9.17, 15) is 9.59 Å². The second kappa shape index (κ2) is 9.39. The van der Waals surface area contributed by atoms with Crippen molar-refractivity contribution in [1.29, 1.82) is 0 Å². The van der Waals surface area contributed by atoms with Crippen LogP contribution in [0.25, 0.3) is 11.0 Å². The third-order valence-corrected chi connectivity index (χ3v) is 6.85. The Bertz CT molecular complexity index is 1760. The summed E-state index contributed by atoms with van der Waals surface area (Å²) < 4.78 is 22.9. The van der Waals surface area contributed by atoms with Crippen molar-refractivity contribution >= 4 is 34.3 Å². The number of methoxy groups -OCH3 is 1. The third-order valence-electron chi connectivity index (χ3n) is 6.48. The lowest BCUT2D eigenvalue weighted by Crippen LogP contribution is -2.29. The second-order valence-electron chi connectivity index (χ2n) is 8.83. The van der Waals surface area contributed by atoms with E-state index in [4.69, 9.17) is 30.0 Å². The van der Waals surface area contributed by atoms with Crippen LogP contribution in [0, 0.1) is 6.92 Å². The summed E-state index contributed by atoms with van der Waals surface area (Å²) in [7, 11) is 1.52. The molecule has 9 heteroatoms. The highest BCUT2D eigenvalue weighted by atomic mass is 35.5. The summed E-state index contributed by atoms with van der Waals surface area (Å²) in [6, 6.07) is 20.3. The third kappa shape index (κ3) is 3.90. The van der Waals surface area contributed by atoms with Gasteiger partial charge >= 0.3 is 0 Å². The Balaban J connectivity index is 1.47. The molecule has 1 aliphatic rings. The lowest BCUT2D eigenvalue weighted by molar-refractivity contribution is 0.0969. The number of nitrogens with zero attached hydrogens (tertiary/aromatic N) is 2. The van der Waals surface area contributed by atoms with E-state index < -0.39 is 11.9 Å². The largest absolute Gasteiger partial charge is 0.493 e. The molecular weight excluding hydrogens is 508 g/mol. The molecule has 1 aliphatic heterocycles. The van der Waals surface area contributed by atoms with Gasteiger partial charge in [0.05, 0.1) is 24.1 Å². The van der Waals surface area contributed by atoms with E-state index in [2.05, 4.69) is 5.16 Å². The molecule has 38 heavy (non-hydrogen) atoms. The molecule has 2 aromatic heterocycles. The Morgan fingerprint density at radius 2 is 1.79 bits per heavy atom. The lowest BCUT2D eigenvalue weighted by atomic mass is 9.98. The van der Waals surface area contributed by atoms with E-state index >= 15 is 0 Å². The van der Waals surface area contributed by atoms with Crippen LogP contribution < -0.4 is 19.8 Å². The predicted molar refractivity (Wildman–Crippen MR) is 141 cm³/mol. The van der Waals surface area contributed by atoms with E-state index in [1.807, 2.05) is 18.2 Å². The molecule has 0 saturated carbocycles.